The van der Waals surface area contributed by atoms with Crippen LogP contribution in [0.3, 0.4) is 0 Å². The van der Waals surface area contributed by atoms with Crippen LogP contribution in [0.1, 0.15) is 70.8 Å². The standard InChI is InChI=1S/C25H39FN4O/c1-18-23(19(2)29-28-18)8-9-24(31)27-22-10-14-30(15-11-22)17-25(12-3-4-13-25)20-6-5-7-21(26)16-20/h5-7,16,18-19,22-23,28-29H,3-4,8-15,17H2,1-2H3,(H,27,31). The molecule has 2 aliphatic heterocycles. The fourth-order valence-corrected chi connectivity index (χ4v) is 6.08. The topological polar surface area (TPSA) is 56.4 Å². The highest BCUT2D eigenvalue weighted by Crippen LogP contribution is 2.42. The highest BCUT2D eigenvalue weighted by molar-refractivity contribution is 5.76. The number of amides is 1. The molecule has 2 heterocycles. The van der Waals surface area contributed by atoms with Gasteiger partial charge < -0.3 is 10.2 Å². The molecule has 2 unspecified atom stereocenters. The van der Waals surface area contributed by atoms with Crippen molar-refractivity contribution < 1.29 is 9.18 Å². The van der Waals surface area contributed by atoms with E-state index in [-0.39, 0.29) is 23.2 Å². The first-order valence-electron chi connectivity index (χ1n) is 12.2. The van der Waals surface area contributed by atoms with E-state index in [1.807, 2.05) is 6.07 Å². The van der Waals surface area contributed by atoms with E-state index in [1.165, 1.54) is 18.4 Å². The lowest BCUT2D eigenvalue weighted by atomic mass is 9.78. The quantitative estimate of drug-likeness (QED) is 0.620. The monoisotopic (exact) mass is 430 g/mol. The van der Waals surface area contributed by atoms with Crippen molar-refractivity contribution in [3.63, 3.8) is 0 Å². The van der Waals surface area contributed by atoms with E-state index in [9.17, 15) is 9.18 Å². The van der Waals surface area contributed by atoms with Crippen molar-refractivity contribution in [2.75, 3.05) is 19.6 Å². The van der Waals surface area contributed by atoms with Crippen LogP contribution >= 0.6 is 0 Å². The summed E-state index contributed by atoms with van der Waals surface area (Å²) < 4.78 is 13.9. The number of carbonyl (C=O) groups excluding carboxylic acids is 1. The molecule has 1 aromatic rings. The molecule has 6 heteroatoms. The number of benzene rings is 1. The van der Waals surface area contributed by atoms with Gasteiger partial charge in [-0.05, 0) is 69.6 Å². The van der Waals surface area contributed by atoms with Gasteiger partial charge in [-0.1, -0.05) is 25.0 Å². The van der Waals surface area contributed by atoms with E-state index in [4.69, 9.17) is 0 Å². The fourth-order valence-electron chi connectivity index (χ4n) is 6.08. The van der Waals surface area contributed by atoms with Crippen LogP contribution in [0, 0.1) is 11.7 Å². The Kier molecular flexibility index (Phi) is 7.29. The molecular formula is C25H39FN4O. The summed E-state index contributed by atoms with van der Waals surface area (Å²) in [7, 11) is 0. The molecule has 31 heavy (non-hydrogen) atoms. The zero-order valence-corrected chi connectivity index (χ0v) is 19.1. The molecular weight excluding hydrogens is 391 g/mol. The van der Waals surface area contributed by atoms with Crippen LogP contribution in [0.5, 0.6) is 0 Å². The molecule has 3 aliphatic rings. The number of piperidine rings is 1. The number of halogens is 1. The first-order chi connectivity index (χ1) is 14.9. The SMILES string of the molecule is CC1NNC(C)C1CCC(=O)NC1CCN(CC2(c3cccc(F)c3)CCCC2)CC1. The zero-order chi connectivity index (χ0) is 21.8. The van der Waals surface area contributed by atoms with E-state index in [0.29, 0.717) is 24.4 Å². The highest BCUT2D eigenvalue weighted by Gasteiger charge is 2.38. The number of hydrogen-bond acceptors (Lipinski definition) is 4. The lowest BCUT2D eigenvalue weighted by Gasteiger charge is -2.39. The number of likely N-dealkylation sites (tertiary alicyclic amines) is 1. The molecule has 0 bridgehead atoms. The van der Waals surface area contributed by atoms with Crippen molar-refractivity contribution >= 4 is 5.91 Å². The van der Waals surface area contributed by atoms with Crippen LogP contribution in [-0.4, -0.2) is 48.6 Å². The number of nitrogens with one attached hydrogen (secondary N) is 3. The molecule has 2 atom stereocenters. The first kappa shape index (κ1) is 22.7. The second kappa shape index (κ2) is 9.97. The molecule has 172 valence electrons. The van der Waals surface area contributed by atoms with Gasteiger partial charge in [-0.15, -0.1) is 0 Å². The summed E-state index contributed by atoms with van der Waals surface area (Å²) in [4.78, 5) is 15.0. The van der Waals surface area contributed by atoms with Gasteiger partial charge in [0.05, 0.1) is 0 Å². The van der Waals surface area contributed by atoms with Gasteiger partial charge in [-0.3, -0.25) is 15.6 Å². The largest absolute Gasteiger partial charge is 0.353 e. The van der Waals surface area contributed by atoms with Crippen molar-refractivity contribution in [1.29, 1.82) is 0 Å². The number of hydrazine groups is 1. The lowest BCUT2D eigenvalue weighted by Crippen LogP contribution is -2.48. The summed E-state index contributed by atoms with van der Waals surface area (Å²) in [5.74, 6) is 0.563. The Bertz CT molecular complexity index is 733. The van der Waals surface area contributed by atoms with E-state index in [2.05, 4.69) is 41.0 Å². The number of carbonyl (C=O) groups is 1. The molecule has 1 aromatic carbocycles. The Labute approximate surface area is 186 Å². The van der Waals surface area contributed by atoms with Gasteiger partial charge in [0.1, 0.15) is 5.82 Å². The summed E-state index contributed by atoms with van der Waals surface area (Å²) in [6.07, 6.45) is 8.28. The molecule has 0 radical (unpaired) electrons. The zero-order valence-electron chi connectivity index (χ0n) is 19.1. The Morgan fingerprint density at radius 1 is 1.16 bits per heavy atom. The lowest BCUT2D eigenvalue weighted by molar-refractivity contribution is -0.122. The van der Waals surface area contributed by atoms with Crippen LogP contribution in [0.25, 0.3) is 0 Å². The summed E-state index contributed by atoms with van der Waals surface area (Å²) in [6.45, 7) is 7.37. The van der Waals surface area contributed by atoms with Gasteiger partial charge in [-0.2, -0.15) is 0 Å². The molecule has 0 spiro atoms. The van der Waals surface area contributed by atoms with Crippen LogP contribution in [0.4, 0.5) is 4.39 Å². The highest BCUT2D eigenvalue weighted by atomic mass is 19.1. The third-order valence-electron chi connectivity index (χ3n) is 8.00. The van der Waals surface area contributed by atoms with Crippen molar-refractivity contribution in [2.24, 2.45) is 5.92 Å². The first-order valence-corrected chi connectivity index (χ1v) is 12.2. The molecule has 2 saturated heterocycles. The van der Waals surface area contributed by atoms with Gasteiger partial charge in [0.15, 0.2) is 0 Å². The maximum atomic E-state index is 13.9. The smallest absolute Gasteiger partial charge is 0.220 e. The summed E-state index contributed by atoms with van der Waals surface area (Å²) in [6, 6.07) is 8.35. The Balaban J connectivity index is 1.24. The van der Waals surface area contributed by atoms with Gasteiger partial charge in [0.2, 0.25) is 5.91 Å². The van der Waals surface area contributed by atoms with Crippen LogP contribution < -0.4 is 16.2 Å². The average Bonchev–Trinajstić information content (AvgIpc) is 3.35. The fraction of sp³-hybridized carbons (Fsp3) is 0.720. The maximum Gasteiger partial charge on any atom is 0.220 e. The minimum atomic E-state index is -0.127. The van der Waals surface area contributed by atoms with Gasteiger partial charge in [0.25, 0.3) is 0 Å². The third-order valence-corrected chi connectivity index (χ3v) is 8.00. The van der Waals surface area contributed by atoms with E-state index >= 15 is 0 Å². The minimum absolute atomic E-state index is 0.0922. The number of hydrogen-bond donors (Lipinski definition) is 3. The van der Waals surface area contributed by atoms with E-state index < -0.39 is 0 Å². The van der Waals surface area contributed by atoms with Gasteiger partial charge in [-0.25, -0.2) is 4.39 Å². The molecule has 3 fully saturated rings. The van der Waals surface area contributed by atoms with Crippen molar-refractivity contribution in [1.82, 2.24) is 21.1 Å². The second-order valence-electron chi connectivity index (χ2n) is 10.2. The van der Waals surface area contributed by atoms with Crippen LogP contribution in [0.15, 0.2) is 24.3 Å². The second-order valence-corrected chi connectivity index (χ2v) is 10.2. The predicted octanol–water partition coefficient (Wildman–Crippen LogP) is 3.50. The molecule has 5 nitrogen and oxygen atoms in total. The Hall–Kier alpha value is -1.50. The maximum absolute atomic E-state index is 13.9. The number of nitrogens with zero attached hydrogens (tertiary/aromatic N) is 1. The Morgan fingerprint density at radius 3 is 2.48 bits per heavy atom. The van der Waals surface area contributed by atoms with Crippen LogP contribution in [-0.2, 0) is 10.2 Å². The van der Waals surface area contributed by atoms with Crippen molar-refractivity contribution in [2.45, 2.75) is 88.8 Å². The summed E-state index contributed by atoms with van der Waals surface area (Å²) in [5, 5.41) is 3.28. The average molecular weight is 431 g/mol. The number of rotatable bonds is 7. The molecule has 1 amide bonds. The normalized spacial score (nSPS) is 29.3. The predicted molar refractivity (Wildman–Crippen MR) is 122 cm³/mol. The third kappa shape index (κ3) is 5.47. The van der Waals surface area contributed by atoms with E-state index in [0.717, 1.165) is 51.7 Å². The molecule has 3 N–H and O–H groups in total. The van der Waals surface area contributed by atoms with Crippen molar-refractivity contribution in [3.05, 3.63) is 35.6 Å². The molecule has 1 saturated carbocycles. The molecule has 4 rings (SSSR count). The van der Waals surface area contributed by atoms with Gasteiger partial charge in [0, 0.05) is 49.6 Å². The van der Waals surface area contributed by atoms with Crippen molar-refractivity contribution in [3.8, 4) is 0 Å². The molecule has 1 aliphatic carbocycles. The summed E-state index contributed by atoms with van der Waals surface area (Å²) >= 11 is 0. The summed E-state index contributed by atoms with van der Waals surface area (Å²) in [5.41, 5.74) is 7.80. The van der Waals surface area contributed by atoms with Gasteiger partial charge >= 0.3 is 0 Å². The minimum Gasteiger partial charge on any atom is -0.353 e. The molecule has 0 aromatic heterocycles. The Morgan fingerprint density at radius 2 is 1.84 bits per heavy atom. The van der Waals surface area contributed by atoms with E-state index in [1.54, 1.807) is 12.1 Å². The van der Waals surface area contributed by atoms with Crippen LogP contribution in [0.2, 0.25) is 0 Å².